The van der Waals surface area contributed by atoms with Gasteiger partial charge in [0.25, 0.3) is 21.6 Å². The van der Waals surface area contributed by atoms with Crippen molar-refractivity contribution in [1.82, 2.24) is 19.6 Å². The first-order valence-electron chi connectivity index (χ1n) is 21.8. The topological polar surface area (TPSA) is 175 Å². The molecule has 5 heterocycles. The number of carbonyl (C=O) groups is 1. The number of nitrogens with zero attached hydrogens (tertiary/aromatic N) is 5. The second-order valence-electron chi connectivity index (χ2n) is 16.8. The maximum absolute atomic E-state index is 15.3. The van der Waals surface area contributed by atoms with Crippen molar-refractivity contribution in [3.63, 3.8) is 0 Å². The van der Waals surface area contributed by atoms with Gasteiger partial charge in [0.1, 0.15) is 29.3 Å². The highest BCUT2D eigenvalue weighted by Gasteiger charge is 2.34. The van der Waals surface area contributed by atoms with Crippen molar-refractivity contribution in [2.45, 2.75) is 55.5 Å². The Hall–Kier alpha value is -5.75. The highest BCUT2D eigenvalue weighted by molar-refractivity contribution is 7.90. The smallest absolute Gasteiger partial charge is 0.293 e. The number of amides is 1. The van der Waals surface area contributed by atoms with Crippen molar-refractivity contribution in [3.8, 4) is 5.88 Å². The number of benzene rings is 3. The van der Waals surface area contributed by atoms with Gasteiger partial charge in [0.05, 0.1) is 27.6 Å². The SMILES string of the molecule is O=C(NS(=O)(=O)c1ccc(NCC2(F)CCOCC2)c([N+](=O)[O-])c1)c1ccc(N2CCN(CC3=C(c4ccc(Cl)cc4)CCCCC3)CC2)cc1N1CCOc2nc3[nH]ccc3cc21. The summed E-state index contributed by atoms with van der Waals surface area (Å²) in [6.45, 7) is 4.86. The number of anilines is 4. The summed E-state index contributed by atoms with van der Waals surface area (Å²) in [6.07, 6.45) is 7.71. The van der Waals surface area contributed by atoms with Crippen LogP contribution in [0.2, 0.25) is 5.02 Å². The van der Waals surface area contributed by atoms with E-state index in [9.17, 15) is 23.3 Å². The van der Waals surface area contributed by atoms with Crippen LogP contribution in [0.3, 0.4) is 0 Å². The van der Waals surface area contributed by atoms with Gasteiger partial charge in [0, 0.05) is 93.7 Å². The summed E-state index contributed by atoms with van der Waals surface area (Å²) in [5.74, 6) is -0.562. The van der Waals surface area contributed by atoms with E-state index < -0.39 is 37.1 Å². The molecule has 2 aromatic heterocycles. The number of alkyl halides is 1. The maximum atomic E-state index is 15.3. The van der Waals surface area contributed by atoms with Gasteiger partial charge in [-0.1, -0.05) is 35.7 Å². The second-order valence-corrected chi connectivity index (χ2v) is 18.9. The molecule has 5 aromatic rings. The first-order chi connectivity index (χ1) is 30.9. The zero-order valence-electron chi connectivity index (χ0n) is 35.3. The molecular weight excluding hydrogens is 863 g/mol. The van der Waals surface area contributed by atoms with Crippen LogP contribution < -0.4 is 24.6 Å². The van der Waals surface area contributed by atoms with Crippen LogP contribution in [0.4, 0.5) is 32.8 Å². The van der Waals surface area contributed by atoms with Crippen LogP contribution in [0.1, 0.15) is 60.9 Å². The zero-order chi connectivity index (χ0) is 44.4. The number of ether oxygens (including phenoxy) is 2. The van der Waals surface area contributed by atoms with Gasteiger partial charge >= 0.3 is 0 Å². The molecule has 2 saturated heterocycles. The molecule has 3 aromatic carbocycles. The molecule has 0 spiro atoms. The molecule has 64 heavy (non-hydrogen) atoms. The Kier molecular flexibility index (Phi) is 12.5. The summed E-state index contributed by atoms with van der Waals surface area (Å²) >= 11 is 6.24. The number of piperazine rings is 1. The number of hydrogen-bond acceptors (Lipinski definition) is 12. The fraction of sp³-hybridized carbons (Fsp3) is 0.391. The van der Waals surface area contributed by atoms with E-state index in [2.05, 4.69) is 41.9 Å². The summed E-state index contributed by atoms with van der Waals surface area (Å²) in [5, 5.41) is 16.5. The average Bonchev–Trinajstić information content (AvgIpc) is 3.64. The van der Waals surface area contributed by atoms with Crippen molar-refractivity contribution in [1.29, 1.82) is 0 Å². The molecule has 0 atom stereocenters. The van der Waals surface area contributed by atoms with Gasteiger partial charge < -0.3 is 29.6 Å². The van der Waals surface area contributed by atoms with Crippen LogP contribution in [-0.4, -0.2) is 105 Å². The van der Waals surface area contributed by atoms with E-state index in [4.69, 9.17) is 21.1 Å². The summed E-state index contributed by atoms with van der Waals surface area (Å²) in [6, 6.07) is 20.6. The molecule has 1 aliphatic carbocycles. The second kappa shape index (κ2) is 18.4. The van der Waals surface area contributed by atoms with E-state index in [1.807, 2.05) is 41.3 Å². The number of rotatable bonds is 12. The number of fused-ring (bicyclic) bond motifs is 2. The first kappa shape index (κ1) is 43.5. The third-order valence-electron chi connectivity index (χ3n) is 12.7. The van der Waals surface area contributed by atoms with E-state index in [1.165, 1.54) is 42.0 Å². The van der Waals surface area contributed by atoms with Gasteiger partial charge in [-0.25, -0.2) is 17.5 Å². The molecule has 3 aliphatic heterocycles. The molecular formula is C46H50ClFN8O7S. The molecule has 0 radical (unpaired) electrons. The molecule has 1 amide bonds. The van der Waals surface area contributed by atoms with Crippen molar-refractivity contribution in [2.24, 2.45) is 0 Å². The lowest BCUT2D eigenvalue weighted by atomic mass is 9.95. The molecule has 0 saturated carbocycles. The zero-order valence-corrected chi connectivity index (χ0v) is 36.9. The van der Waals surface area contributed by atoms with Gasteiger partial charge in [-0.15, -0.1) is 0 Å². The third-order valence-corrected chi connectivity index (χ3v) is 14.3. The Bertz CT molecular complexity index is 2700. The van der Waals surface area contributed by atoms with Gasteiger partial charge in [0.15, 0.2) is 0 Å². The molecule has 0 unspecified atom stereocenters. The minimum Gasteiger partial charge on any atom is -0.474 e. The first-order valence-corrected chi connectivity index (χ1v) is 23.6. The molecule has 4 aliphatic rings. The number of H-pyrrole nitrogens is 1. The van der Waals surface area contributed by atoms with Crippen LogP contribution in [0.15, 0.2) is 89.5 Å². The lowest BCUT2D eigenvalue weighted by molar-refractivity contribution is -0.384. The summed E-state index contributed by atoms with van der Waals surface area (Å²) < 4.78 is 56.4. The number of aromatic amines is 1. The van der Waals surface area contributed by atoms with Crippen molar-refractivity contribution >= 4 is 72.6 Å². The molecule has 2 fully saturated rings. The summed E-state index contributed by atoms with van der Waals surface area (Å²) in [4.78, 5) is 39.7. The van der Waals surface area contributed by atoms with Crippen molar-refractivity contribution < 1.29 is 32.0 Å². The number of nitro groups is 1. The number of aromatic nitrogens is 2. The highest BCUT2D eigenvalue weighted by atomic mass is 35.5. The summed E-state index contributed by atoms with van der Waals surface area (Å²) in [7, 11) is -4.64. The van der Waals surface area contributed by atoms with Crippen LogP contribution >= 0.6 is 11.6 Å². The van der Waals surface area contributed by atoms with E-state index in [0.29, 0.717) is 29.4 Å². The number of nitrogens with one attached hydrogen (secondary N) is 3. The van der Waals surface area contributed by atoms with E-state index in [0.717, 1.165) is 73.8 Å². The van der Waals surface area contributed by atoms with Crippen LogP contribution in [0.5, 0.6) is 5.88 Å². The van der Waals surface area contributed by atoms with Crippen LogP contribution in [0, 0.1) is 10.1 Å². The number of nitro benzene ring substituents is 1. The Morgan fingerprint density at radius 1 is 0.922 bits per heavy atom. The Morgan fingerprint density at radius 3 is 2.48 bits per heavy atom. The van der Waals surface area contributed by atoms with Gasteiger partial charge in [-0.2, -0.15) is 4.98 Å². The number of carbonyl (C=O) groups excluding carboxylic acids is 1. The van der Waals surface area contributed by atoms with Crippen molar-refractivity contribution in [3.05, 3.63) is 111 Å². The van der Waals surface area contributed by atoms with Gasteiger partial charge in [-0.3, -0.25) is 19.8 Å². The predicted octanol–water partition coefficient (Wildman–Crippen LogP) is 8.24. The van der Waals surface area contributed by atoms with Gasteiger partial charge in [0.2, 0.25) is 5.88 Å². The molecule has 15 nitrogen and oxygen atoms in total. The number of pyridine rings is 1. The van der Waals surface area contributed by atoms with E-state index >= 15 is 4.39 Å². The average molecular weight is 913 g/mol. The number of halogens is 2. The fourth-order valence-electron chi connectivity index (χ4n) is 9.13. The van der Waals surface area contributed by atoms with Gasteiger partial charge in [-0.05, 0) is 91.4 Å². The minimum atomic E-state index is -4.64. The normalized spacial score (nSPS) is 18.3. The van der Waals surface area contributed by atoms with E-state index in [1.54, 1.807) is 12.3 Å². The fourth-order valence-corrected chi connectivity index (χ4v) is 10.2. The number of allylic oxidation sites excluding steroid dienone is 1. The lowest BCUT2D eigenvalue weighted by Crippen LogP contribution is -2.47. The number of hydrogen-bond donors (Lipinski definition) is 3. The molecule has 18 heteroatoms. The van der Waals surface area contributed by atoms with Crippen molar-refractivity contribution in [2.75, 3.05) is 80.8 Å². The molecule has 3 N–H and O–H groups in total. The lowest BCUT2D eigenvalue weighted by Gasteiger charge is -2.38. The minimum absolute atomic E-state index is 0.0437. The van der Waals surface area contributed by atoms with E-state index in [-0.39, 0.29) is 50.5 Å². The quantitative estimate of drug-likeness (QED) is 0.0809. The number of sulfonamides is 1. The maximum Gasteiger partial charge on any atom is 0.293 e. The highest BCUT2D eigenvalue weighted by Crippen LogP contribution is 2.41. The Morgan fingerprint density at radius 2 is 1.70 bits per heavy atom. The summed E-state index contributed by atoms with van der Waals surface area (Å²) in [5.41, 5.74) is 4.54. The molecule has 9 rings (SSSR count). The Labute approximate surface area is 375 Å². The Balaban J connectivity index is 0.976. The third kappa shape index (κ3) is 9.39. The monoisotopic (exact) mass is 912 g/mol. The van der Waals surface area contributed by atoms with Crippen LogP contribution in [0.25, 0.3) is 16.6 Å². The molecule has 336 valence electrons. The standard InChI is InChI=1S/C46H50ClFN8O7S/c47-34-8-6-31(7-9-34)37-5-3-1-2-4-33(37)29-53-18-20-54(21-19-53)35-10-12-38(40(27-35)55-22-25-63-45-42(55)26-32-14-17-49-43(32)51-45)44(57)52-64(60,61)36-11-13-39(41(28-36)56(58)59)50-30-46(48)15-23-62-24-16-46/h6-14,17,26-28,50H,1-5,15-16,18-25,29-30H2,(H,49,51)(H,52,57). The molecule has 0 bridgehead atoms. The largest absolute Gasteiger partial charge is 0.474 e. The van der Waals surface area contributed by atoms with Crippen LogP contribution in [-0.2, 0) is 14.8 Å². The predicted molar refractivity (Wildman–Crippen MR) is 245 cm³/mol.